The molecule has 0 saturated carbocycles. The molecule has 1 spiro atoms. The average Bonchev–Trinajstić information content (AvgIpc) is 3.25. The maximum Gasteiger partial charge on any atom is 0.257 e. The van der Waals surface area contributed by atoms with Crippen LogP contribution in [-0.2, 0) is 6.54 Å². The van der Waals surface area contributed by atoms with E-state index in [4.69, 9.17) is 4.42 Å². The predicted octanol–water partition coefficient (Wildman–Crippen LogP) is 2.41. The van der Waals surface area contributed by atoms with Gasteiger partial charge in [0.15, 0.2) is 0 Å². The van der Waals surface area contributed by atoms with Crippen LogP contribution in [0.4, 0.5) is 0 Å². The molecule has 144 valence electrons. The lowest BCUT2D eigenvalue weighted by Gasteiger charge is -2.51. The van der Waals surface area contributed by atoms with Crippen LogP contribution in [0, 0.1) is 11.3 Å². The summed E-state index contributed by atoms with van der Waals surface area (Å²) in [6.45, 7) is 4.42. The van der Waals surface area contributed by atoms with Gasteiger partial charge in [-0.25, -0.2) is 0 Å². The summed E-state index contributed by atoms with van der Waals surface area (Å²) in [5.74, 6) is 0.142. The van der Waals surface area contributed by atoms with E-state index in [0.717, 1.165) is 51.1 Å². The Morgan fingerprint density at radius 1 is 1.22 bits per heavy atom. The maximum atomic E-state index is 12.6. The number of carbonyl (C=O) groups is 1. The number of carbonyl (C=O) groups excluding carboxylic acids is 1. The van der Waals surface area contributed by atoms with Crippen molar-refractivity contribution in [2.45, 2.75) is 25.8 Å². The van der Waals surface area contributed by atoms with Crippen LogP contribution in [0.3, 0.4) is 0 Å². The van der Waals surface area contributed by atoms with Crippen molar-refractivity contribution in [3.05, 3.63) is 54.2 Å². The smallest absolute Gasteiger partial charge is 0.257 e. The molecule has 0 unspecified atom stereocenters. The number of nitrogens with zero attached hydrogens (tertiary/aromatic N) is 3. The van der Waals surface area contributed by atoms with E-state index < -0.39 is 0 Å². The molecule has 2 aliphatic rings. The maximum absolute atomic E-state index is 12.6. The van der Waals surface area contributed by atoms with Gasteiger partial charge in [-0.15, -0.1) is 0 Å². The van der Waals surface area contributed by atoms with E-state index in [1.54, 1.807) is 6.07 Å². The first-order valence-corrected chi connectivity index (χ1v) is 9.75. The van der Waals surface area contributed by atoms with Gasteiger partial charge in [0, 0.05) is 38.4 Å². The summed E-state index contributed by atoms with van der Waals surface area (Å²) in [6.07, 6.45) is 7.96. The van der Waals surface area contributed by atoms with E-state index in [2.05, 4.69) is 16.0 Å². The van der Waals surface area contributed by atoms with Gasteiger partial charge in [-0.3, -0.25) is 14.7 Å². The molecule has 1 amide bonds. The average molecular weight is 369 g/mol. The van der Waals surface area contributed by atoms with Crippen molar-refractivity contribution in [3.63, 3.8) is 0 Å². The van der Waals surface area contributed by atoms with Gasteiger partial charge in [0.1, 0.15) is 6.26 Å². The summed E-state index contributed by atoms with van der Waals surface area (Å²) in [6, 6.07) is 7.75. The molecule has 0 aromatic carbocycles. The Morgan fingerprint density at radius 3 is 2.70 bits per heavy atom. The Labute approximate surface area is 159 Å². The number of aromatic nitrogens is 1. The molecular formula is C21H27N3O3. The number of rotatable bonds is 4. The van der Waals surface area contributed by atoms with Crippen LogP contribution < -0.4 is 0 Å². The van der Waals surface area contributed by atoms with Crippen molar-refractivity contribution in [3.8, 4) is 0 Å². The lowest BCUT2D eigenvalue weighted by atomic mass is 9.64. The summed E-state index contributed by atoms with van der Waals surface area (Å²) < 4.78 is 5.04. The lowest BCUT2D eigenvalue weighted by Crippen LogP contribution is -2.54. The lowest BCUT2D eigenvalue weighted by molar-refractivity contribution is -0.0366. The van der Waals surface area contributed by atoms with Gasteiger partial charge in [0.25, 0.3) is 5.91 Å². The second-order valence-electron chi connectivity index (χ2n) is 7.85. The molecule has 27 heavy (non-hydrogen) atoms. The summed E-state index contributed by atoms with van der Waals surface area (Å²) in [5.41, 5.74) is 1.84. The van der Waals surface area contributed by atoms with Gasteiger partial charge in [0.05, 0.1) is 17.5 Å². The summed E-state index contributed by atoms with van der Waals surface area (Å²) >= 11 is 0. The molecule has 2 aromatic rings. The third-order valence-electron chi connectivity index (χ3n) is 6.43. The number of amides is 1. The van der Waals surface area contributed by atoms with Gasteiger partial charge < -0.3 is 14.4 Å². The SMILES string of the molecule is O=C(c1ccoc1)N1CCC2(CCN(Cc3ccccn3)CC2)[C@@H](CO)C1. The van der Waals surface area contributed by atoms with E-state index in [0.29, 0.717) is 12.1 Å². The van der Waals surface area contributed by atoms with Gasteiger partial charge in [-0.2, -0.15) is 0 Å². The molecule has 2 fully saturated rings. The number of furan rings is 1. The fourth-order valence-electron chi connectivity index (χ4n) is 4.65. The molecule has 6 heteroatoms. The van der Waals surface area contributed by atoms with E-state index in [1.807, 2.05) is 23.2 Å². The normalized spacial score (nSPS) is 22.9. The minimum absolute atomic E-state index is 0.00429. The Bertz CT molecular complexity index is 739. The van der Waals surface area contributed by atoms with Crippen molar-refractivity contribution in [2.24, 2.45) is 11.3 Å². The quantitative estimate of drug-likeness (QED) is 0.896. The highest BCUT2D eigenvalue weighted by atomic mass is 16.3. The van der Waals surface area contributed by atoms with E-state index in [-0.39, 0.29) is 23.8 Å². The number of hydrogen-bond acceptors (Lipinski definition) is 5. The van der Waals surface area contributed by atoms with Gasteiger partial charge in [0.2, 0.25) is 0 Å². The van der Waals surface area contributed by atoms with Crippen LogP contribution in [0.25, 0.3) is 0 Å². The van der Waals surface area contributed by atoms with E-state index >= 15 is 0 Å². The molecular weight excluding hydrogens is 342 g/mol. The zero-order valence-electron chi connectivity index (χ0n) is 15.6. The second kappa shape index (κ2) is 7.82. The minimum Gasteiger partial charge on any atom is -0.472 e. The van der Waals surface area contributed by atoms with Crippen LogP contribution in [-0.4, -0.2) is 58.6 Å². The Hall–Kier alpha value is -2.18. The van der Waals surface area contributed by atoms with Gasteiger partial charge in [-0.05, 0) is 56.0 Å². The minimum atomic E-state index is 0.00429. The molecule has 4 rings (SSSR count). The van der Waals surface area contributed by atoms with Crippen molar-refractivity contribution in [1.82, 2.24) is 14.8 Å². The molecule has 2 aromatic heterocycles. The third-order valence-corrected chi connectivity index (χ3v) is 6.43. The zero-order valence-corrected chi connectivity index (χ0v) is 15.6. The third kappa shape index (κ3) is 3.77. The molecule has 1 atom stereocenters. The first kappa shape index (κ1) is 18.2. The van der Waals surface area contributed by atoms with Crippen LogP contribution in [0.15, 0.2) is 47.4 Å². The van der Waals surface area contributed by atoms with Gasteiger partial charge in [-0.1, -0.05) is 6.07 Å². The Balaban J connectivity index is 1.37. The first-order valence-electron chi connectivity index (χ1n) is 9.75. The van der Waals surface area contributed by atoms with Crippen molar-refractivity contribution < 1.29 is 14.3 Å². The second-order valence-corrected chi connectivity index (χ2v) is 7.85. The number of aliphatic hydroxyl groups is 1. The number of piperidine rings is 2. The standard InChI is InChI=1S/C21H27N3O3/c25-15-18-13-24(20(26)17-4-12-27-16-17)11-7-21(18)5-9-23(10-6-21)14-19-3-1-2-8-22-19/h1-4,8,12,16,18,25H,5-7,9-11,13-15H2/t18-/m1/s1. The molecule has 0 aliphatic carbocycles. The highest BCUT2D eigenvalue weighted by Crippen LogP contribution is 2.45. The van der Waals surface area contributed by atoms with E-state index in [1.165, 1.54) is 12.5 Å². The molecule has 1 N–H and O–H groups in total. The fraction of sp³-hybridized carbons (Fsp3) is 0.524. The highest BCUT2D eigenvalue weighted by Gasteiger charge is 2.45. The van der Waals surface area contributed by atoms with Gasteiger partial charge >= 0.3 is 0 Å². The molecule has 4 heterocycles. The topological polar surface area (TPSA) is 69.8 Å². The summed E-state index contributed by atoms with van der Waals surface area (Å²) in [7, 11) is 0. The number of aliphatic hydroxyl groups excluding tert-OH is 1. The van der Waals surface area contributed by atoms with Crippen molar-refractivity contribution in [2.75, 3.05) is 32.8 Å². The monoisotopic (exact) mass is 369 g/mol. The largest absolute Gasteiger partial charge is 0.472 e. The molecule has 0 bridgehead atoms. The van der Waals surface area contributed by atoms with Crippen molar-refractivity contribution >= 4 is 5.91 Å². The molecule has 2 aliphatic heterocycles. The van der Waals surface area contributed by atoms with Crippen molar-refractivity contribution in [1.29, 1.82) is 0 Å². The molecule has 2 saturated heterocycles. The summed E-state index contributed by atoms with van der Waals surface area (Å²) in [4.78, 5) is 21.4. The number of hydrogen-bond donors (Lipinski definition) is 1. The Morgan fingerprint density at radius 2 is 2.04 bits per heavy atom. The highest BCUT2D eigenvalue weighted by molar-refractivity contribution is 5.93. The van der Waals surface area contributed by atoms with Crippen LogP contribution in [0.1, 0.15) is 35.3 Å². The van der Waals surface area contributed by atoms with Crippen LogP contribution >= 0.6 is 0 Å². The van der Waals surface area contributed by atoms with Crippen LogP contribution in [0.5, 0.6) is 0 Å². The number of likely N-dealkylation sites (tertiary alicyclic amines) is 2. The molecule has 6 nitrogen and oxygen atoms in total. The number of pyridine rings is 1. The zero-order chi connectivity index (χ0) is 18.7. The first-order chi connectivity index (χ1) is 13.2. The van der Waals surface area contributed by atoms with Crippen LogP contribution in [0.2, 0.25) is 0 Å². The molecule has 0 radical (unpaired) electrons. The Kier molecular flexibility index (Phi) is 5.27. The summed E-state index contributed by atoms with van der Waals surface area (Å²) in [5, 5.41) is 10.1. The predicted molar refractivity (Wildman–Crippen MR) is 101 cm³/mol. The fourth-order valence-corrected chi connectivity index (χ4v) is 4.65. The van der Waals surface area contributed by atoms with E-state index in [9.17, 15) is 9.90 Å².